The molecule has 128 valence electrons. The number of benzene rings is 2. The van der Waals surface area contributed by atoms with E-state index in [2.05, 4.69) is 58.6 Å². The second-order valence-electron chi connectivity index (χ2n) is 7.23. The van der Waals surface area contributed by atoms with E-state index in [-0.39, 0.29) is 17.9 Å². The molecule has 2 aromatic rings. The zero-order chi connectivity index (χ0) is 17.2. The summed E-state index contributed by atoms with van der Waals surface area (Å²) in [5.41, 5.74) is 14.3. The van der Waals surface area contributed by atoms with Crippen LogP contribution in [0, 0.1) is 5.92 Å². The van der Waals surface area contributed by atoms with Crippen LogP contribution >= 0.6 is 0 Å². The summed E-state index contributed by atoms with van der Waals surface area (Å²) in [5.74, 6) is 0.256. The first kappa shape index (κ1) is 16.2. The van der Waals surface area contributed by atoms with Gasteiger partial charge in [-0.3, -0.25) is 0 Å². The summed E-state index contributed by atoms with van der Waals surface area (Å²) in [4.78, 5) is 2.96. The van der Waals surface area contributed by atoms with Gasteiger partial charge in [-0.2, -0.15) is 0 Å². The van der Waals surface area contributed by atoms with Crippen LogP contribution in [0.4, 0.5) is 0 Å². The van der Waals surface area contributed by atoms with Gasteiger partial charge in [-0.05, 0) is 59.4 Å². The molecule has 4 nitrogen and oxygen atoms in total. The highest BCUT2D eigenvalue weighted by atomic mass is 16.3. The lowest BCUT2D eigenvalue weighted by molar-refractivity contribution is 0.0435. The summed E-state index contributed by atoms with van der Waals surface area (Å²) >= 11 is 0. The standard InChI is InChI=1S/C21H23N3O/c22-24-23-19-11-5-10-18(21(19)25)20-16-8-3-1-6-14(16)12-13-15-7-2-4-9-17(15)20/h1-4,6-9,18-21,25H,5,10-13H2/t18?,19?,21-/m1/s1. The summed E-state index contributed by atoms with van der Waals surface area (Å²) in [6, 6.07) is 16.9. The Balaban J connectivity index is 1.83. The fourth-order valence-corrected chi connectivity index (χ4v) is 4.77. The van der Waals surface area contributed by atoms with Gasteiger partial charge in [0.2, 0.25) is 0 Å². The zero-order valence-electron chi connectivity index (χ0n) is 14.3. The fraction of sp³-hybridized carbons (Fsp3) is 0.429. The number of fused-ring (bicyclic) bond motifs is 2. The van der Waals surface area contributed by atoms with Gasteiger partial charge < -0.3 is 5.11 Å². The van der Waals surface area contributed by atoms with Crippen LogP contribution in [0.25, 0.3) is 10.4 Å². The largest absolute Gasteiger partial charge is 0.392 e. The molecule has 0 aromatic heterocycles. The van der Waals surface area contributed by atoms with Gasteiger partial charge in [0, 0.05) is 10.8 Å². The number of hydrogen-bond acceptors (Lipinski definition) is 2. The van der Waals surface area contributed by atoms with E-state index in [1.54, 1.807) is 0 Å². The number of nitrogens with zero attached hydrogens (tertiary/aromatic N) is 3. The first-order valence-electron chi connectivity index (χ1n) is 9.17. The highest BCUT2D eigenvalue weighted by molar-refractivity contribution is 5.45. The Hall–Kier alpha value is -2.29. The van der Waals surface area contributed by atoms with Gasteiger partial charge in [0.15, 0.2) is 0 Å². The van der Waals surface area contributed by atoms with E-state index in [0.717, 1.165) is 32.1 Å². The monoisotopic (exact) mass is 333 g/mol. The molecular formula is C21H23N3O. The van der Waals surface area contributed by atoms with Gasteiger partial charge in [0.25, 0.3) is 0 Å². The van der Waals surface area contributed by atoms with Crippen LogP contribution < -0.4 is 0 Å². The Morgan fingerprint density at radius 2 is 1.52 bits per heavy atom. The summed E-state index contributed by atoms with van der Waals surface area (Å²) in [7, 11) is 0. The minimum absolute atomic E-state index is 0.0876. The van der Waals surface area contributed by atoms with Gasteiger partial charge in [-0.25, -0.2) is 0 Å². The molecule has 2 unspecified atom stereocenters. The zero-order valence-corrected chi connectivity index (χ0v) is 14.3. The van der Waals surface area contributed by atoms with Crippen LogP contribution in [-0.4, -0.2) is 17.3 Å². The van der Waals surface area contributed by atoms with Crippen molar-refractivity contribution in [2.45, 2.75) is 50.2 Å². The molecule has 0 radical (unpaired) electrons. The highest BCUT2D eigenvalue weighted by Crippen LogP contribution is 2.45. The van der Waals surface area contributed by atoms with Crippen molar-refractivity contribution in [3.8, 4) is 0 Å². The molecule has 0 spiro atoms. The molecule has 1 N–H and O–H groups in total. The van der Waals surface area contributed by atoms with Crippen LogP contribution in [0.15, 0.2) is 53.6 Å². The van der Waals surface area contributed by atoms with Crippen LogP contribution in [0.5, 0.6) is 0 Å². The van der Waals surface area contributed by atoms with Gasteiger partial charge in [0.05, 0.1) is 12.1 Å². The predicted molar refractivity (Wildman–Crippen MR) is 98.4 cm³/mol. The maximum atomic E-state index is 11.0. The fourth-order valence-electron chi connectivity index (χ4n) is 4.77. The first-order valence-corrected chi connectivity index (χ1v) is 9.17. The van der Waals surface area contributed by atoms with Gasteiger partial charge in [0.1, 0.15) is 0 Å². The van der Waals surface area contributed by atoms with Crippen molar-refractivity contribution in [2.75, 3.05) is 0 Å². The average Bonchev–Trinajstić information content (AvgIpc) is 2.81. The van der Waals surface area contributed by atoms with E-state index < -0.39 is 6.10 Å². The molecule has 0 heterocycles. The Bertz CT molecular complexity index is 765. The van der Waals surface area contributed by atoms with E-state index in [1.165, 1.54) is 22.3 Å². The van der Waals surface area contributed by atoms with Gasteiger partial charge in [-0.15, -0.1) is 0 Å². The molecule has 0 aliphatic heterocycles. The molecule has 0 bridgehead atoms. The molecule has 25 heavy (non-hydrogen) atoms. The quantitative estimate of drug-likeness (QED) is 0.480. The lowest BCUT2D eigenvalue weighted by atomic mass is 9.70. The Morgan fingerprint density at radius 3 is 2.12 bits per heavy atom. The lowest BCUT2D eigenvalue weighted by Gasteiger charge is -2.38. The second-order valence-corrected chi connectivity index (χ2v) is 7.23. The number of aryl methyl sites for hydroxylation is 2. The SMILES string of the molecule is [N-]=[N+]=NC1CCCC(C2c3ccccc3CCc3ccccc32)[C@H]1O. The second kappa shape index (κ2) is 6.91. The minimum atomic E-state index is -0.589. The van der Waals surface area contributed by atoms with Crippen molar-refractivity contribution < 1.29 is 5.11 Å². The van der Waals surface area contributed by atoms with Crippen molar-refractivity contribution in [3.05, 3.63) is 81.2 Å². The molecule has 2 aliphatic rings. The molecule has 2 aliphatic carbocycles. The number of aliphatic hydroxyl groups excluding tert-OH is 1. The third-order valence-electron chi connectivity index (χ3n) is 5.94. The summed E-state index contributed by atoms with van der Waals surface area (Å²) in [6.45, 7) is 0. The Labute approximate surface area is 148 Å². The smallest absolute Gasteiger partial charge is 0.0662 e. The third-order valence-corrected chi connectivity index (χ3v) is 5.94. The van der Waals surface area contributed by atoms with Crippen LogP contribution in [0.2, 0.25) is 0 Å². The maximum absolute atomic E-state index is 11.0. The Morgan fingerprint density at radius 1 is 0.920 bits per heavy atom. The summed E-state index contributed by atoms with van der Waals surface area (Å²) in [6.07, 6.45) is 4.21. The molecule has 1 fully saturated rings. The molecule has 0 saturated heterocycles. The van der Waals surface area contributed by atoms with Gasteiger partial charge >= 0.3 is 0 Å². The van der Waals surface area contributed by atoms with Crippen LogP contribution in [0.3, 0.4) is 0 Å². The molecule has 2 aromatic carbocycles. The van der Waals surface area contributed by atoms with Crippen molar-refractivity contribution >= 4 is 0 Å². The normalized spacial score (nSPS) is 26.0. The maximum Gasteiger partial charge on any atom is 0.0662 e. The molecule has 0 amide bonds. The van der Waals surface area contributed by atoms with Crippen molar-refractivity contribution in [1.82, 2.24) is 0 Å². The first-order chi connectivity index (χ1) is 12.3. The van der Waals surface area contributed by atoms with E-state index >= 15 is 0 Å². The van der Waals surface area contributed by atoms with Crippen molar-refractivity contribution in [1.29, 1.82) is 0 Å². The molecule has 3 atom stereocenters. The highest BCUT2D eigenvalue weighted by Gasteiger charge is 2.39. The number of rotatable bonds is 2. The van der Waals surface area contributed by atoms with Gasteiger partial charge in [-0.1, -0.05) is 60.1 Å². The van der Waals surface area contributed by atoms with E-state index in [1.807, 2.05) is 0 Å². The number of aliphatic hydroxyl groups is 1. The summed E-state index contributed by atoms with van der Waals surface area (Å²) < 4.78 is 0. The van der Waals surface area contributed by atoms with E-state index in [0.29, 0.717) is 0 Å². The lowest BCUT2D eigenvalue weighted by Crippen LogP contribution is -2.39. The Kier molecular flexibility index (Phi) is 4.48. The molecule has 4 rings (SSSR count). The van der Waals surface area contributed by atoms with E-state index in [4.69, 9.17) is 5.53 Å². The average molecular weight is 333 g/mol. The van der Waals surface area contributed by atoms with Crippen molar-refractivity contribution in [3.63, 3.8) is 0 Å². The summed E-state index contributed by atoms with van der Waals surface area (Å²) in [5, 5.41) is 14.9. The van der Waals surface area contributed by atoms with Crippen LogP contribution in [0.1, 0.15) is 47.4 Å². The minimum Gasteiger partial charge on any atom is -0.392 e. The molecular weight excluding hydrogens is 310 g/mol. The topological polar surface area (TPSA) is 69.0 Å². The molecule has 1 saturated carbocycles. The van der Waals surface area contributed by atoms with Crippen molar-refractivity contribution in [2.24, 2.45) is 11.0 Å². The molecule has 4 heteroatoms. The van der Waals surface area contributed by atoms with Crippen LogP contribution in [-0.2, 0) is 12.8 Å². The third kappa shape index (κ3) is 2.92. The number of hydrogen-bond donors (Lipinski definition) is 1. The van der Waals surface area contributed by atoms with E-state index in [9.17, 15) is 5.11 Å². The predicted octanol–water partition coefficient (Wildman–Crippen LogP) is 4.76. The number of azide groups is 1.